The summed E-state index contributed by atoms with van der Waals surface area (Å²) in [5.74, 6) is -3.28. The van der Waals surface area contributed by atoms with Crippen molar-refractivity contribution in [2.24, 2.45) is 0 Å². The molecule has 1 amide bonds. The maximum atomic E-state index is 12.0. The highest BCUT2D eigenvalue weighted by atomic mass is 32.1. The quantitative estimate of drug-likeness (QED) is 0.408. The molecule has 1 N–H and O–H groups in total. The lowest BCUT2D eigenvalue weighted by Gasteiger charge is -2.06. The van der Waals surface area contributed by atoms with Crippen LogP contribution in [0.15, 0.2) is 22.6 Å². The molecule has 2 aromatic rings. The Bertz CT molecular complexity index is 870. The van der Waals surface area contributed by atoms with Crippen molar-refractivity contribution in [3.63, 3.8) is 0 Å². The van der Waals surface area contributed by atoms with E-state index in [9.17, 15) is 24.5 Å². The summed E-state index contributed by atoms with van der Waals surface area (Å²) >= 11 is 1.21. The molecule has 0 fully saturated rings. The van der Waals surface area contributed by atoms with Gasteiger partial charge in [0, 0.05) is 4.88 Å². The second-order valence-electron chi connectivity index (χ2n) is 5.05. The Kier molecular flexibility index (Phi) is 6.66. The molecule has 144 valence electrons. The molecule has 2 aromatic heterocycles. The van der Waals surface area contributed by atoms with E-state index in [-0.39, 0.29) is 12.2 Å². The Morgan fingerprint density at radius 1 is 1.22 bits per heavy atom. The van der Waals surface area contributed by atoms with Crippen molar-refractivity contribution in [2.75, 3.05) is 18.5 Å². The predicted octanol–water partition coefficient (Wildman–Crippen LogP) is 2.78. The van der Waals surface area contributed by atoms with Gasteiger partial charge in [-0.05, 0) is 25.5 Å². The highest BCUT2D eigenvalue weighted by Crippen LogP contribution is 2.29. The summed E-state index contributed by atoms with van der Waals surface area (Å²) in [6.45, 7) is 3.10. The minimum atomic E-state index is -1.02. The summed E-state index contributed by atoms with van der Waals surface area (Å²) in [5, 5.41) is 13.3. The van der Waals surface area contributed by atoms with Crippen LogP contribution in [0.1, 0.15) is 39.6 Å². The van der Waals surface area contributed by atoms with E-state index in [1.54, 1.807) is 13.0 Å². The summed E-state index contributed by atoms with van der Waals surface area (Å²) in [5.41, 5.74) is 0.222. The third kappa shape index (κ3) is 5.14. The molecule has 0 atom stereocenters. The number of furan rings is 1. The van der Waals surface area contributed by atoms with Crippen molar-refractivity contribution in [1.29, 1.82) is 0 Å². The SMILES string of the molecule is CCOC(=O)c1cc(CC)sc1NC(=O)COC(=O)c1ccc([N+](=O)[O-])o1. The molecule has 0 spiro atoms. The van der Waals surface area contributed by atoms with Crippen LogP contribution in [0.5, 0.6) is 0 Å². The van der Waals surface area contributed by atoms with E-state index in [0.29, 0.717) is 11.4 Å². The van der Waals surface area contributed by atoms with Gasteiger partial charge in [0.05, 0.1) is 18.2 Å². The standard InChI is InChI=1S/C16H16N2O8S/c1-3-9-7-10(15(20)24-4-2)14(27-9)17-12(19)8-25-16(21)11-5-6-13(26-11)18(22)23/h5-7H,3-4,8H2,1-2H3,(H,17,19). The monoisotopic (exact) mass is 396 g/mol. The van der Waals surface area contributed by atoms with E-state index in [2.05, 4.69) is 9.73 Å². The zero-order valence-corrected chi connectivity index (χ0v) is 15.3. The number of ether oxygens (including phenoxy) is 2. The van der Waals surface area contributed by atoms with Crippen LogP contribution >= 0.6 is 11.3 Å². The van der Waals surface area contributed by atoms with Gasteiger partial charge in [0.15, 0.2) is 6.61 Å². The summed E-state index contributed by atoms with van der Waals surface area (Å²) in [6, 6.07) is 3.70. The van der Waals surface area contributed by atoms with Gasteiger partial charge in [0.2, 0.25) is 5.76 Å². The van der Waals surface area contributed by atoms with Crippen LogP contribution in [0.3, 0.4) is 0 Å². The minimum Gasteiger partial charge on any atom is -0.462 e. The number of nitrogens with zero attached hydrogens (tertiary/aromatic N) is 1. The molecular weight excluding hydrogens is 380 g/mol. The van der Waals surface area contributed by atoms with Crippen LogP contribution in [-0.2, 0) is 20.7 Å². The largest absolute Gasteiger partial charge is 0.462 e. The van der Waals surface area contributed by atoms with Gasteiger partial charge in [-0.15, -0.1) is 11.3 Å². The fourth-order valence-electron chi connectivity index (χ4n) is 1.97. The number of hydrogen-bond acceptors (Lipinski definition) is 9. The van der Waals surface area contributed by atoms with E-state index >= 15 is 0 Å². The van der Waals surface area contributed by atoms with Gasteiger partial charge < -0.3 is 19.2 Å². The third-order valence-electron chi connectivity index (χ3n) is 3.19. The van der Waals surface area contributed by atoms with Crippen molar-refractivity contribution in [3.8, 4) is 0 Å². The van der Waals surface area contributed by atoms with Gasteiger partial charge in [-0.25, -0.2) is 9.59 Å². The number of anilines is 1. The Labute approximate surface area is 157 Å². The lowest BCUT2D eigenvalue weighted by Crippen LogP contribution is -2.21. The number of esters is 2. The van der Waals surface area contributed by atoms with Crippen LogP contribution in [-0.4, -0.2) is 36.0 Å². The number of nitrogens with one attached hydrogen (secondary N) is 1. The summed E-state index contributed by atoms with van der Waals surface area (Å²) in [4.78, 5) is 46.3. The lowest BCUT2D eigenvalue weighted by molar-refractivity contribution is -0.402. The van der Waals surface area contributed by atoms with Gasteiger partial charge in [0.25, 0.3) is 5.91 Å². The predicted molar refractivity (Wildman–Crippen MR) is 93.9 cm³/mol. The third-order valence-corrected chi connectivity index (χ3v) is 4.38. The van der Waals surface area contributed by atoms with Gasteiger partial charge in [-0.3, -0.25) is 14.9 Å². The van der Waals surface area contributed by atoms with Crippen LogP contribution in [0.4, 0.5) is 10.9 Å². The first kappa shape index (κ1) is 20.1. The van der Waals surface area contributed by atoms with Crippen molar-refractivity contribution >= 4 is 40.1 Å². The Balaban J connectivity index is 1.98. The highest BCUT2D eigenvalue weighted by molar-refractivity contribution is 7.16. The Morgan fingerprint density at radius 2 is 1.96 bits per heavy atom. The van der Waals surface area contributed by atoms with Gasteiger partial charge in [0.1, 0.15) is 9.92 Å². The van der Waals surface area contributed by atoms with Crippen molar-refractivity contribution < 1.29 is 33.2 Å². The van der Waals surface area contributed by atoms with E-state index in [1.165, 1.54) is 11.3 Å². The van der Waals surface area contributed by atoms with Crippen molar-refractivity contribution in [1.82, 2.24) is 0 Å². The van der Waals surface area contributed by atoms with Crippen LogP contribution in [0.2, 0.25) is 0 Å². The Hall–Kier alpha value is -3.21. The molecule has 0 saturated heterocycles. The number of hydrogen-bond donors (Lipinski definition) is 1. The molecule has 27 heavy (non-hydrogen) atoms. The molecule has 0 aliphatic heterocycles. The average Bonchev–Trinajstić information content (AvgIpc) is 3.27. The number of carbonyl (C=O) groups excluding carboxylic acids is 3. The number of aryl methyl sites for hydroxylation is 1. The molecule has 0 aliphatic carbocycles. The first-order chi connectivity index (χ1) is 12.8. The number of amides is 1. The summed E-state index contributed by atoms with van der Waals surface area (Å²) < 4.78 is 14.4. The maximum Gasteiger partial charge on any atom is 0.433 e. The minimum absolute atomic E-state index is 0.191. The van der Waals surface area contributed by atoms with Crippen molar-refractivity contribution in [3.05, 3.63) is 44.5 Å². The van der Waals surface area contributed by atoms with Crippen LogP contribution in [0, 0.1) is 10.1 Å². The normalized spacial score (nSPS) is 10.3. The maximum absolute atomic E-state index is 12.0. The molecule has 0 bridgehead atoms. The van der Waals surface area contributed by atoms with Crippen LogP contribution in [0.25, 0.3) is 0 Å². The van der Waals surface area contributed by atoms with Crippen LogP contribution < -0.4 is 5.32 Å². The van der Waals surface area contributed by atoms with E-state index in [0.717, 1.165) is 17.0 Å². The molecule has 0 radical (unpaired) electrons. The average molecular weight is 396 g/mol. The molecule has 0 aliphatic rings. The number of carbonyl (C=O) groups is 3. The number of thiophene rings is 1. The van der Waals surface area contributed by atoms with Gasteiger partial charge in [-0.1, -0.05) is 6.92 Å². The van der Waals surface area contributed by atoms with E-state index < -0.39 is 41.0 Å². The molecule has 11 heteroatoms. The van der Waals surface area contributed by atoms with E-state index in [1.807, 2.05) is 6.92 Å². The second kappa shape index (κ2) is 8.94. The number of rotatable bonds is 8. The van der Waals surface area contributed by atoms with Gasteiger partial charge >= 0.3 is 17.8 Å². The lowest BCUT2D eigenvalue weighted by atomic mass is 10.2. The molecular formula is C16H16N2O8S. The van der Waals surface area contributed by atoms with Crippen molar-refractivity contribution in [2.45, 2.75) is 20.3 Å². The first-order valence-electron chi connectivity index (χ1n) is 7.86. The zero-order valence-electron chi connectivity index (χ0n) is 14.5. The smallest absolute Gasteiger partial charge is 0.433 e. The number of nitro groups is 1. The first-order valence-corrected chi connectivity index (χ1v) is 8.68. The fraction of sp³-hybridized carbons (Fsp3) is 0.312. The van der Waals surface area contributed by atoms with Gasteiger partial charge in [-0.2, -0.15) is 0 Å². The molecule has 10 nitrogen and oxygen atoms in total. The second-order valence-corrected chi connectivity index (χ2v) is 6.19. The fourth-order valence-corrected chi connectivity index (χ4v) is 2.97. The highest BCUT2D eigenvalue weighted by Gasteiger charge is 2.21. The molecule has 0 unspecified atom stereocenters. The summed E-state index contributed by atoms with van der Waals surface area (Å²) in [7, 11) is 0. The Morgan fingerprint density at radius 3 is 2.56 bits per heavy atom. The molecule has 2 rings (SSSR count). The molecule has 0 aromatic carbocycles. The molecule has 0 saturated carbocycles. The topological polar surface area (TPSA) is 138 Å². The van der Waals surface area contributed by atoms with E-state index in [4.69, 9.17) is 9.47 Å². The molecule has 2 heterocycles. The summed E-state index contributed by atoms with van der Waals surface area (Å²) in [6.07, 6.45) is 0.666. The zero-order chi connectivity index (χ0) is 20.0.